The number of hydrogen-bond donors (Lipinski definition) is 1. The molecule has 4 heteroatoms. The minimum atomic E-state index is 0.0105. The monoisotopic (exact) mass is 231 g/mol. The van der Waals surface area contributed by atoms with Crippen LogP contribution >= 0.6 is 0 Å². The van der Waals surface area contributed by atoms with Crippen LogP contribution in [-0.4, -0.2) is 16.9 Å². The van der Waals surface area contributed by atoms with E-state index >= 15 is 0 Å². The Hall–Kier alpha value is -1.81. The molecule has 2 aromatic rings. The second-order valence-electron chi connectivity index (χ2n) is 4.15. The van der Waals surface area contributed by atoms with Crippen molar-refractivity contribution in [2.75, 3.05) is 7.11 Å². The number of hydrogen-bond acceptors (Lipinski definition) is 3. The second-order valence-corrected chi connectivity index (χ2v) is 4.15. The van der Waals surface area contributed by atoms with Gasteiger partial charge in [0.25, 0.3) is 0 Å². The molecule has 0 bridgehead atoms. The number of methoxy groups -OCH3 is 1. The minimum Gasteiger partial charge on any atom is -0.496 e. The number of rotatable bonds is 3. The van der Waals surface area contributed by atoms with Crippen LogP contribution in [0.15, 0.2) is 30.6 Å². The summed E-state index contributed by atoms with van der Waals surface area (Å²) in [5, 5.41) is 4.17. The molecule has 0 aliphatic rings. The fourth-order valence-electron chi connectivity index (χ4n) is 1.79. The number of ether oxygens (including phenoxy) is 1. The number of nitrogens with two attached hydrogens (primary N) is 1. The van der Waals surface area contributed by atoms with E-state index in [2.05, 4.69) is 11.2 Å². The zero-order valence-corrected chi connectivity index (χ0v) is 10.3. The molecule has 0 saturated heterocycles. The molecule has 0 aliphatic heterocycles. The lowest BCUT2D eigenvalue weighted by atomic mass is 10.0. The van der Waals surface area contributed by atoms with Crippen molar-refractivity contribution in [3.05, 3.63) is 36.2 Å². The van der Waals surface area contributed by atoms with Crippen LogP contribution in [0.25, 0.3) is 11.1 Å². The van der Waals surface area contributed by atoms with Crippen molar-refractivity contribution in [1.29, 1.82) is 0 Å². The van der Waals surface area contributed by atoms with Crippen LogP contribution in [-0.2, 0) is 7.05 Å². The lowest BCUT2D eigenvalue weighted by Gasteiger charge is -2.11. The van der Waals surface area contributed by atoms with Gasteiger partial charge in [-0.15, -0.1) is 0 Å². The number of aromatic nitrogens is 2. The summed E-state index contributed by atoms with van der Waals surface area (Å²) in [6, 6.07) is 6.00. The standard InChI is InChI=1S/C13H17N3O/c1-9(14)10-4-5-13(17-3)12(6-10)11-7-15-16(2)8-11/h4-9H,14H2,1-3H3. The van der Waals surface area contributed by atoms with Crippen molar-refractivity contribution in [2.45, 2.75) is 13.0 Å². The molecular weight excluding hydrogens is 214 g/mol. The zero-order valence-electron chi connectivity index (χ0n) is 10.3. The lowest BCUT2D eigenvalue weighted by Crippen LogP contribution is -2.05. The Balaban J connectivity index is 2.53. The van der Waals surface area contributed by atoms with E-state index < -0.39 is 0 Å². The highest BCUT2D eigenvalue weighted by molar-refractivity contribution is 5.70. The topological polar surface area (TPSA) is 53.1 Å². The largest absolute Gasteiger partial charge is 0.496 e. The van der Waals surface area contributed by atoms with Gasteiger partial charge in [-0.05, 0) is 24.6 Å². The van der Waals surface area contributed by atoms with Gasteiger partial charge in [0, 0.05) is 30.4 Å². The fourth-order valence-corrected chi connectivity index (χ4v) is 1.79. The van der Waals surface area contributed by atoms with Crippen LogP contribution in [0.3, 0.4) is 0 Å². The maximum Gasteiger partial charge on any atom is 0.126 e. The Kier molecular flexibility index (Phi) is 3.15. The van der Waals surface area contributed by atoms with E-state index in [1.54, 1.807) is 11.8 Å². The zero-order chi connectivity index (χ0) is 12.4. The smallest absolute Gasteiger partial charge is 0.126 e. The highest BCUT2D eigenvalue weighted by atomic mass is 16.5. The Morgan fingerprint density at radius 1 is 1.41 bits per heavy atom. The van der Waals surface area contributed by atoms with E-state index in [9.17, 15) is 0 Å². The van der Waals surface area contributed by atoms with Crippen molar-refractivity contribution in [3.8, 4) is 16.9 Å². The second kappa shape index (κ2) is 4.59. The van der Waals surface area contributed by atoms with Crippen LogP contribution in [0.4, 0.5) is 0 Å². The third-order valence-electron chi connectivity index (χ3n) is 2.77. The molecule has 0 saturated carbocycles. The summed E-state index contributed by atoms with van der Waals surface area (Å²) in [5.74, 6) is 0.836. The average molecular weight is 231 g/mol. The summed E-state index contributed by atoms with van der Waals surface area (Å²) in [4.78, 5) is 0. The van der Waals surface area contributed by atoms with Gasteiger partial charge >= 0.3 is 0 Å². The average Bonchev–Trinajstić information content (AvgIpc) is 2.74. The Morgan fingerprint density at radius 2 is 2.18 bits per heavy atom. The molecule has 1 aromatic carbocycles. The quantitative estimate of drug-likeness (QED) is 0.880. The van der Waals surface area contributed by atoms with Gasteiger partial charge in [0.2, 0.25) is 0 Å². The molecule has 0 spiro atoms. The van der Waals surface area contributed by atoms with Gasteiger partial charge < -0.3 is 10.5 Å². The van der Waals surface area contributed by atoms with Crippen molar-refractivity contribution in [2.24, 2.45) is 12.8 Å². The number of benzene rings is 1. The normalized spacial score (nSPS) is 12.5. The summed E-state index contributed by atoms with van der Waals surface area (Å²) in [6.07, 6.45) is 3.78. The van der Waals surface area contributed by atoms with Crippen molar-refractivity contribution >= 4 is 0 Å². The van der Waals surface area contributed by atoms with Gasteiger partial charge in [0.15, 0.2) is 0 Å². The summed E-state index contributed by atoms with van der Waals surface area (Å²) >= 11 is 0. The third kappa shape index (κ3) is 2.31. The van der Waals surface area contributed by atoms with Crippen molar-refractivity contribution in [1.82, 2.24) is 9.78 Å². The van der Waals surface area contributed by atoms with Gasteiger partial charge in [-0.2, -0.15) is 5.10 Å². The van der Waals surface area contributed by atoms with Crippen LogP contribution < -0.4 is 10.5 Å². The van der Waals surface area contributed by atoms with E-state index in [0.717, 1.165) is 22.4 Å². The molecule has 0 amide bonds. The molecule has 90 valence electrons. The molecule has 1 aromatic heterocycles. The molecule has 4 nitrogen and oxygen atoms in total. The SMILES string of the molecule is COc1ccc(C(C)N)cc1-c1cnn(C)c1. The first kappa shape index (κ1) is 11.7. The highest BCUT2D eigenvalue weighted by Gasteiger charge is 2.10. The minimum absolute atomic E-state index is 0.0105. The first-order chi connectivity index (χ1) is 8.11. The molecule has 17 heavy (non-hydrogen) atoms. The predicted molar refractivity (Wildman–Crippen MR) is 67.8 cm³/mol. The maximum atomic E-state index is 5.90. The van der Waals surface area contributed by atoms with Gasteiger partial charge in [0.1, 0.15) is 5.75 Å². The third-order valence-corrected chi connectivity index (χ3v) is 2.77. The summed E-state index contributed by atoms with van der Waals surface area (Å²) in [6.45, 7) is 1.97. The Morgan fingerprint density at radius 3 is 2.71 bits per heavy atom. The fraction of sp³-hybridized carbons (Fsp3) is 0.308. The molecule has 2 N–H and O–H groups in total. The van der Waals surface area contributed by atoms with Crippen LogP contribution in [0.1, 0.15) is 18.5 Å². The Bertz CT molecular complexity index is 517. The van der Waals surface area contributed by atoms with E-state index in [4.69, 9.17) is 10.5 Å². The number of aryl methyl sites for hydroxylation is 1. The van der Waals surface area contributed by atoms with E-state index in [1.165, 1.54) is 0 Å². The van der Waals surface area contributed by atoms with E-state index in [0.29, 0.717) is 0 Å². The molecule has 0 radical (unpaired) electrons. The summed E-state index contributed by atoms with van der Waals surface area (Å²) < 4.78 is 7.14. The van der Waals surface area contributed by atoms with Gasteiger partial charge in [-0.1, -0.05) is 6.07 Å². The molecule has 1 heterocycles. The maximum absolute atomic E-state index is 5.90. The van der Waals surface area contributed by atoms with Crippen molar-refractivity contribution in [3.63, 3.8) is 0 Å². The Labute approximate surface area is 101 Å². The molecule has 0 aliphatic carbocycles. The van der Waals surface area contributed by atoms with E-state index in [1.807, 2.05) is 38.5 Å². The van der Waals surface area contributed by atoms with E-state index in [-0.39, 0.29) is 6.04 Å². The van der Waals surface area contributed by atoms with Gasteiger partial charge in [-0.3, -0.25) is 4.68 Å². The predicted octanol–water partition coefficient (Wildman–Crippen LogP) is 2.12. The molecule has 1 unspecified atom stereocenters. The van der Waals surface area contributed by atoms with Gasteiger partial charge in [-0.25, -0.2) is 0 Å². The highest BCUT2D eigenvalue weighted by Crippen LogP contribution is 2.31. The molecule has 0 fully saturated rings. The molecular formula is C13H17N3O. The molecule has 2 rings (SSSR count). The van der Waals surface area contributed by atoms with Gasteiger partial charge in [0.05, 0.1) is 13.3 Å². The summed E-state index contributed by atoms with van der Waals surface area (Å²) in [7, 11) is 3.56. The van der Waals surface area contributed by atoms with Crippen LogP contribution in [0.5, 0.6) is 5.75 Å². The summed E-state index contributed by atoms with van der Waals surface area (Å²) in [5.41, 5.74) is 9.04. The molecule has 1 atom stereocenters. The first-order valence-electron chi connectivity index (χ1n) is 5.54. The van der Waals surface area contributed by atoms with Crippen molar-refractivity contribution < 1.29 is 4.74 Å². The lowest BCUT2D eigenvalue weighted by molar-refractivity contribution is 0.416. The van der Waals surface area contributed by atoms with Crippen LogP contribution in [0, 0.1) is 0 Å². The van der Waals surface area contributed by atoms with Crippen LogP contribution in [0.2, 0.25) is 0 Å². The number of nitrogens with zero attached hydrogens (tertiary/aromatic N) is 2. The first-order valence-corrected chi connectivity index (χ1v) is 5.54.